The van der Waals surface area contributed by atoms with Crippen LogP contribution >= 0.6 is 0 Å². The lowest BCUT2D eigenvalue weighted by molar-refractivity contribution is -0.209. The van der Waals surface area contributed by atoms with Gasteiger partial charge < -0.3 is 20.1 Å². The summed E-state index contributed by atoms with van der Waals surface area (Å²) in [7, 11) is -0.789. The highest BCUT2D eigenvalue weighted by Gasteiger charge is 2.62. The Balaban J connectivity index is 1.72. The lowest BCUT2D eigenvalue weighted by Crippen LogP contribution is -2.66. The number of nitrogens with one attached hydrogen (secondary N) is 1. The summed E-state index contributed by atoms with van der Waals surface area (Å²) in [4.78, 5) is 0. The van der Waals surface area contributed by atoms with E-state index < -0.39 is 12.7 Å². The zero-order valence-electron chi connectivity index (χ0n) is 12.1. The first kappa shape index (κ1) is 13.9. The predicted molar refractivity (Wildman–Crippen MR) is 74.5 cm³/mol. The summed E-state index contributed by atoms with van der Waals surface area (Å²) >= 11 is 0. The molecule has 0 radical (unpaired) electrons. The molecular weight excluding hydrogens is 241 g/mol. The highest BCUT2D eigenvalue weighted by atomic mass is 16.5. The molecule has 1 saturated heterocycles. The molecule has 1 aliphatic heterocycles. The van der Waals surface area contributed by atoms with Crippen LogP contribution in [0.1, 0.15) is 46.0 Å². The molecule has 3 saturated carbocycles. The van der Waals surface area contributed by atoms with E-state index in [4.69, 9.17) is 4.65 Å². The molecule has 19 heavy (non-hydrogen) atoms. The maximum Gasteiger partial charge on any atom is 0.472 e. The molecule has 4 atom stereocenters. The van der Waals surface area contributed by atoms with Gasteiger partial charge in [-0.05, 0) is 55.9 Å². The standard InChI is InChI=1S/C14H26BNO3/c1-13(2)10-5-6-14(9-17,11(13)8-10)19-15(18)12-4-3-7-16-12/h10-12,16-18H,3-9H2,1-2H3/t10?,11?,12-,14?/m1/s1. The quantitative estimate of drug-likeness (QED) is 0.664. The topological polar surface area (TPSA) is 61.7 Å². The third kappa shape index (κ3) is 2.06. The van der Waals surface area contributed by atoms with Crippen LogP contribution in [0.15, 0.2) is 0 Å². The molecule has 3 aliphatic carbocycles. The molecule has 0 aromatic rings. The maximum atomic E-state index is 10.3. The van der Waals surface area contributed by atoms with E-state index in [1.54, 1.807) is 0 Å². The second-order valence-corrected chi connectivity index (χ2v) is 7.28. The van der Waals surface area contributed by atoms with Gasteiger partial charge in [0.15, 0.2) is 0 Å². The van der Waals surface area contributed by atoms with Gasteiger partial charge in [0.05, 0.1) is 12.2 Å². The molecule has 4 nitrogen and oxygen atoms in total. The molecule has 108 valence electrons. The second kappa shape index (κ2) is 4.73. The van der Waals surface area contributed by atoms with Gasteiger partial charge in [0, 0.05) is 5.94 Å². The molecule has 2 bridgehead atoms. The Morgan fingerprint density at radius 3 is 2.68 bits per heavy atom. The SMILES string of the molecule is CC1(C)C2CCC(CO)(OB(O)[C@H]3CCCN3)C1C2. The summed E-state index contributed by atoms with van der Waals surface area (Å²) in [5.41, 5.74) is -0.286. The average molecular weight is 267 g/mol. The molecule has 4 fully saturated rings. The Bertz CT molecular complexity index is 344. The van der Waals surface area contributed by atoms with Crippen molar-refractivity contribution in [1.82, 2.24) is 5.32 Å². The van der Waals surface area contributed by atoms with E-state index in [0.29, 0.717) is 5.92 Å². The van der Waals surface area contributed by atoms with Crippen molar-refractivity contribution in [2.45, 2.75) is 57.5 Å². The van der Waals surface area contributed by atoms with Crippen molar-refractivity contribution in [1.29, 1.82) is 0 Å². The van der Waals surface area contributed by atoms with E-state index in [1.807, 2.05) is 0 Å². The normalized spacial score (nSPS) is 43.9. The Morgan fingerprint density at radius 2 is 2.16 bits per heavy atom. The Labute approximate surface area is 116 Å². The van der Waals surface area contributed by atoms with Crippen molar-refractivity contribution < 1.29 is 14.8 Å². The lowest BCUT2D eigenvalue weighted by atomic mass is 9.44. The van der Waals surface area contributed by atoms with Gasteiger partial charge in [-0.1, -0.05) is 13.8 Å². The van der Waals surface area contributed by atoms with E-state index in [0.717, 1.165) is 44.6 Å². The van der Waals surface area contributed by atoms with Crippen LogP contribution in [0.25, 0.3) is 0 Å². The molecule has 4 aliphatic rings. The molecule has 0 spiro atoms. The smallest absolute Gasteiger partial charge is 0.426 e. The highest BCUT2D eigenvalue weighted by molar-refractivity contribution is 6.45. The molecule has 3 unspecified atom stereocenters. The van der Waals surface area contributed by atoms with Gasteiger partial charge in [-0.15, -0.1) is 0 Å². The van der Waals surface area contributed by atoms with Crippen LogP contribution in [0.4, 0.5) is 0 Å². The number of hydrogen-bond donors (Lipinski definition) is 3. The molecule has 1 heterocycles. The minimum absolute atomic E-state index is 0.0254. The summed E-state index contributed by atoms with van der Waals surface area (Å²) < 4.78 is 6.04. The molecule has 5 heteroatoms. The second-order valence-electron chi connectivity index (χ2n) is 7.28. The summed E-state index contributed by atoms with van der Waals surface area (Å²) in [5, 5.41) is 23.5. The van der Waals surface area contributed by atoms with Crippen molar-refractivity contribution >= 4 is 7.12 Å². The first-order valence-corrected chi connectivity index (χ1v) is 7.70. The average Bonchev–Trinajstić information content (AvgIpc) is 2.92. The van der Waals surface area contributed by atoms with Crippen molar-refractivity contribution in [3.8, 4) is 0 Å². The number of aliphatic hydroxyl groups is 1. The maximum absolute atomic E-state index is 10.3. The molecule has 0 amide bonds. The number of hydrogen-bond acceptors (Lipinski definition) is 4. The summed E-state index contributed by atoms with van der Waals surface area (Å²) in [6.07, 6.45) is 5.17. The fraction of sp³-hybridized carbons (Fsp3) is 1.00. The fourth-order valence-electron chi connectivity index (χ4n) is 4.64. The van der Waals surface area contributed by atoms with Gasteiger partial charge in [0.25, 0.3) is 0 Å². The Hall–Kier alpha value is -0.0951. The van der Waals surface area contributed by atoms with E-state index in [-0.39, 0.29) is 18.0 Å². The van der Waals surface area contributed by atoms with Gasteiger partial charge in [-0.2, -0.15) is 0 Å². The van der Waals surface area contributed by atoms with Gasteiger partial charge in [-0.3, -0.25) is 0 Å². The predicted octanol–water partition coefficient (Wildman–Crippen LogP) is 0.962. The Kier molecular flexibility index (Phi) is 3.45. The third-order valence-electron chi connectivity index (χ3n) is 6.09. The van der Waals surface area contributed by atoms with Crippen molar-refractivity contribution in [2.24, 2.45) is 17.3 Å². The van der Waals surface area contributed by atoms with Crippen LogP contribution in [0.5, 0.6) is 0 Å². The first-order chi connectivity index (χ1) is 8.99. The lowest BCUT2D eigenvalue weighted by Gasteiger charge is -2.64. The zero-order chi connectivity index (χ0) is 13.7. The van der Waals surface area contributed by atoms with E-state index in [9.17, 15) is 10.1 Å². The summed E-state index contributed by atoms with van der Waals surface area (Å²) in [6, 6.07) is 0. The molecular formula is C14H26BNO3. The van der Waals surface area contributed by atoms with Crippen LogP contribution in [-0.2, 0) is 4.65 Å². The van der Waals surface area contributed by atoms with Crippen LogP contribution in [-0.4, -0.2) is 41.9 Å². The molecule has 4 rings (SSSR count). The van der Waals surface area contributed by atoms with Crippen molar-refractivity contribution in [3.05, 3.63) is 0 Å². The minimum Gasteiger partial charge on any atom is -0.426 e. The van der Waals surface area contributed by atoms with Crippen LogP contribution in [0.2, 0.25) is 0 Å². The van der Waals surface area contributed by atoms with Gasteiger partial charge in [-0.25, -0.2) is 0 Å². The van der Waals surface area contributed by atoms with Crippen molar-refractivity contribution in [3.63, 3.8) is 0 Å². The number of fused-ring (bicyclic) bond motifs is 2. The van der Waals surface area contributed by atoms with Crippen LogP contribution in [0, 0.1) is 17.3 Å². The first-order valence-electron chi connectivity index (χ1n) is 7.70. The molecule has 3 N–H and O–H groups in total. The van der Waals surface area contributed by atoms with Gasteiger partial charge in [0.1, 0.15) is 0 Å². The third-order valence-corrected chi connectivity index (χ3v) is 6.09. The van der Waals surface area contributed by atoms with E-state index >= 15 is 0 Å². The molecule has 0 aromatic heterocycles. The fourth-order valence-corrected chi connectivity index (χ4v) is 4.64. The zero-order valence-corrected chi connectivity index (χ0v) is 12.1. The van der Waals surface area contributed by atoms with E-state index in [2.05, 4.69) is 19.2 Å². The highest BCUT2D eigenvalue weighted by Crippen LogP contribution is 2.63. The number of aliphatic hydroxyl groups excluding tert-OH is 1. The number of rotatable bonds is 4. The van der Waals surface area contributed by atoms with Gasteiger partial charge >= 0.3 is 7.12 Å². The largest absolute Gasteiger partial charge is 0.472 e. The minimum atomic E-state index is -0.789. The van der Waals surface area contributed by atoms with Gasteiger partial charge in [0.2, 0.25) is 0 Å². The summed E-state index contributed by atoms with van der Waals surface area (Å²) in [6.45, 7) is 5.53. The monoisotopic (exact) mass is 267 g/mol. The Morgan fingerprint density at radius 1 is 1.37 bits per heavy atom. The van der Waals surface area contributed by atoms with Crippen LogP contribution in [0.3, 0.4) is 0 Å². The van der Waals surface area contributed by atoms with Crippen molar-refractivity contribution in [2.75, 3.05) is 13.2 Å². The van der Waals surface area contributed by atoms with E-state index in [1.165, 1.54) is 0 Å². The van der Waals surface area contributed by atoms with Crippen LogP contribution < -0.4 is 5.32 Å². The molecule has 0 aromatic carbocycles. The summed E-state index contributed by atoms with van der Waals surface area (Å²) in [5.74, 6) is 1.17.